The van der Waals surface area contributed by atoms with Crippen molar-refractivity contribution in [1.29, 1.82) is 0 Å². The van der Waals surface area contributed by atoms with Crippen LogP contribution in [0.4, 0.5) is 5.69 Å². The SMILES string of the molecule is CCCC(=O)NC[C@@H](c1ccc(N(C)C)cc1)S(=O)(=O)c1ccc(OC)cc1. The van der Waals surface area contributed by atoms with Crippen molar-refractivity contribution in [3.8, 4) is 5.75 Å². The fourth-order valence-corrected chi connectivity index (χ4v) is 4.51. The molecule has 1 atom stereocenters. The Bertz CT molecular complexity index is 876. The van der Waals surface area contributed by atoms with E-state index in [4.69, 9.17) is 4.74 Å². The van der Waals surface area contributed by atoms with Crippen LogP contribution < -0.4 is 15.0 Å². The van der Waals surface area contributed by atoms with Crippen LogP contribution in [-0.2, 0) is 14.6 Å². The molecule has 6 nitrogen and oxygen atoms in total. The van der Waals surface area contributed by atoms with Gasteiger partial charge < -0.3 is 15.0 Å². The van der Waals surface area contributed by atoms with Crippen LogP contribution >= 0.6 is 0 Å². The van der Waals surface area contributed by atoms with E-state index in [9.17, 15) is 13.2 Å². The first-order valence-electron chi connectivity index (χ1n) is 9.21. The van der Waals surface area contributed by atoms with Crippen LogP contribution in [0.5, 0.6) is 5.75 Å². The van der Waals surface area contributed by atoms with E-state index in [0.717, 1.165) is 5.69 Å². The van der Waals surface area contributed by atoms with Crippen molar-refractivity contribution in [3.63, 3.8) is 0 Å². The van der Waals surface area contributed by atoms with Gasteiger partial charge in [-0.1, -0.05) is 19.1 Å². The molecule has 1 N–H and O–H groups in total. The quantitative estimate of drug-likeness (QED) is 0.695. The van der Waals surface area contributed by atoms with E-state index >= 15 is 0 Å². The third kappa shape index (κ3) is 5.25. The zero-order chi connectivity index (χ0) is 20.7. The minimum Gasteiger partial charge on any atom is -0.497 e. The number of rotatable bonds is 9. The standard InChI is InChI=1S/C21H28N2O4S/c1-5-6-21(24)22-15-20(16-7-9-17(10-8-16)23(2)3)28(25,26)19-13-11-18(27-4)12-14-19/h7-14,20H,5-6,15H2,1-4H3,(H,22,24)/t20-/m0/s1. The maximum absolute atomic E-state index is 13.3. The number of benzene rings is 2. The van der Waals surface area contributed by atoms with Crippen LogP contribution in [-0.4, -0.2) is 42.1 Å². The lowest BCUT2D eigenvalue weighted by Gasteiger charge is -2.20. The number of hydrogen-bond donors (Lipinski definition) is 1. The van der Waals surface area contributed by atoms with Crippen LogP contribution in [0.3, 0.4) is 0 Å². The van der Waals surface area contributed by atoms with E-state index in [1.807, 2.05) is 38.1 Å². The summed E-state index contributed by atoms with van der Waals surface area (Å²) in [6.07, 6.45) is 1.08. The Labute approximate surface area is 167 Å². The van der Waals surface area contributed by atoms with Crippen molar-refractivity contribution < 1.29 is 17.9 Å². The summed E-state index contributed by atoms with van der Waals surface area (Å²) in [5.74, 6) is 0.435. The highest BCUT2D eigenvalue weighted by Crippen LogP contribution is 2.30. The fraction of sp³-hybridized carbons (Fsp3) is 0.381. The number of sulfone groups is 1. The lowest BCUT2D eigenvalue weighted by atomic mass is 10.1. The van der Waals surface area contributed by atoms with Crippen LogP contribution in [0, 0.1) is 0 Å². The van der Waals surface area contributed by atoms with E-state index in [0.29, 0.717) is 24.2 Å². The number of ether oxygens (including phenoxy) is 1. The lowest BCUT2D eigenvalue weighted by Crippen LogP contribution is -2.31. The molecule has 0 aliphatic carbocycles. The van der Waals surface area contributed by atoms with Gasteiger partial charge in [-0.2, -0.15) is 0 Å². The summed E-state index contributed by atoms with van der Waals surface area (Å²) >= 11 is 0. The van der Waals surface area contributed by atoms with Gasteiger partial charge in [0, 0.05) is 32.7 Å². The molecule has 0 saturated heterocycles. The van der Waals surface area contributed by atoms with E-state index in [1.54, 1.807) is 24.3 Å². The molecule has 0 heterocycles. The Kier molecular flexibility index (Phi) is 7.45. The monoisotopic (exact) mass is 404 g/mol. The van der Waals surface area contributed by atoms with Gasteiger partial charge in [-0.05, 0) is 48.4 Å². The third-order valence-electron chi connectivity index (χ3n) is 4.51. The molecular formula is C21H28N2O4S. The summed E-state index contributed by atoms with van der Waals surface area (Å²) in [6, 6.07) is 13.6. The molecule has 0 aromatic heterocycles. The van der Waals surface area contributed by atoms with Gasteiger partial charge in [0.25, 0.3) is 0 Å². The molecule has 0 aliphatic heterocycles. The number of anilines is 1. The van der Waals surface area contributed by atoms with Crippen molar-refractivity contribution in [2.45, 2.75) is 29.9 Å². The Balaban J connectivity index is 2.39. The zero-order valence-corrected chi connectivity index (χ0v) is 17.6. The number of carbonyl (C=O) groups is 1. The number of nitrogens with one attached hydrogen (secondary N) is 1. The second-order valence-electron chi connectivity index (χ2n) is 6.75. The second kappa shape index (κ2) is 9.59. The molecule has 1 amide bonds. The predicted molar refractivity (Wildman–Crippen MR) is 112 cm³/mol. The number of methoxy groups -OCH3 is 1. The molecule has 0 unspecified atom stereocenters. The van der Waals surface area contributed by atoms with Gasteiger partial charge >= 0.3 is 0 Å². The van der Waals surface area contributed by atoms with Crippen LogP contribution in [0.1, 0.15) is 30.6 Å². The minimum absolute atomic E-state index is 0.0223. The molecule has 0 aliphatic rings. The zero-order valence-electron chi connectivity index (χ0n) is 16.8. The number of nitrogens with zero attached hydrogens (tertiary/aromatic N) is 1. The predicted octanol–water partition coefficient (Wildman–Crippen LogP) is 3.19. The van der Waals surface area contributed by atoms with E-state index in [1.165, 1.54) is 19.2 Å². The smallest absolute Gasteiger partial charge is 0.220 e. The van der Waals surface area contributed by atoms with Crippen LogP contribution in [0.15, 0.2) is 53.4 Å². The highest BCUT2D eigenvalue weighted by molar-refractivity contribution is 7.91. The molecule has 0 bridgehead atoms. The van der Waals surface area contributed by atoms with E-state index < -0.39 is 15.1 Å². The maximum atomic E-state index is 13.3. The molecule has 2 rings (SSSR count). The highest BCUT2D eigenvalue weighted by atomic mass is 32.2. The molecular weight excluding hydrogens is 376 g/mol. The van der Waals surface area contributed by atoms with Crippen molar-refractivity contribution >= 4 is 21.4 Å². The number of carbonyl (C=O) groups excluding carboxylic acids is 1. The van der Waals surface area contributed by atoms with Gasteiger partial charge in [0.1, 0.15) is 11.0 Å². The molecule has 0 radical (unpaired) electrons. The van der Waals surface area contributed by atoms with Gasteiger partial charge in [0.15, 0.2) is 9.84 Å². The summed E-state index contributed by atoms with van der Waals surface area (Å²) in [7, 11) is 1.67. The van der Waals surface area contributed by atoms with Gasteiger partial charge in [-0.25, -0.2) is 8.42 Å². The Morgan fingerprint density at radius 3 is 2.18 bits per heavy atom. The second-order valence-corrected chi connectivity index (χ2v) is 8.88. The van der Waals surface area contributed by atoms with Crippen LogP contribution in [0.2, 0.25) is 0 Å². The normalized spacial score (nSPS) is 12.3. The average molecular weight is 405 g/mol. The largest absolute Gasteiger partial charge is 0.497 e. The molecule has 0 saturated carbocycles. The third-order valence-corrected chi connectivity index (χ3v) is 6.62. The summed E-state index contributed by atoms with van der Waals surface area (Å²) in [5.41, 5.74) is 1.61. The van der Waals surface area contributed by atoms with Gasteiger partial charge in [0.2, 0.25) is 5.91 Å². The van der Waals surface area contributed by atoms with Gasteiger partial charge in [-0.15, -0.1) is 0 Å². The van der Waals surface area contributed by atoms with Crippen molar-refractivity contribution in [3.05, 3.63) is 54.1 Å². The Morgan fingerprint density at radius 2 is 1.68 bits per heavy atom. The first-order valence-corrected chi connectivity index (χ1v) is 10.8. The molecule has 7 heteroatoms. The summed E-state index contributed by atoms with van der Waals surface area (Å²) in [4.78, 5) is 14.1. The first-order chi connectivity index (χ1) is 13.3. The van der Waals surface area contributed by atoms with E-state index in [-0.39, 0.29) is 17.3 Å². The molecule has 28 heavy (non-hydrogen) atoms. The molecule has 0 spiro atoms. The van der Waals surface area contributed by atoms with Crippen molar-refractivity contribution in [1.82, 2.24) is 5.32 Å². The topological polar surface area (TPSA) is 75.7 Å². The molecule has 2 aromatic carbocycles. The Hall–Kier alpha value is -2.54. The molecule has 0 fully saturated rings. The maximum Gasteiger partial charge on any atom is 0.220 e. The number of amides is 1. The summed E-state index contributed by atoms with van der Waals surface area (Å²) in [6.45, 7) is 1.93. The minimum atomic E-state index is -3.71. The van der Waals surface area contributed by atoms with Crippen LogP contribution in [0.25, 0.3) is 0 Å². The Morgan fingerprint density at radius 1 is 1.07 bits per heavy atom. The lowest BCUT2D eigenvalue weighted by molar-refractivity contribution is -0.121. The summed E-state index contributed by atoms with van der Waals surface area (Å²) in [5, 5.41) is 1.89. The van der Waals surface area contributed by atoms with E-state index in [2.05, 4.69) is 5.32 Å². The molecule has 152 valence electrons. The van der Waals surface area contributed by atoms with Gasteiger partial charge in [0.05, 0.1) is 12.0 Å². The molecule has 2 aromatic rings. The fourth-order valence-electron chi connectivity index (χ4n) is 2.85. The number of hydrogen-bond acceptors (Lipinski definition) is 5. The van der Waals surface area contributed by atoms with Gasteiger partial charge in [-0.3, -0.25) is 4.79 Å². The van der Waals surface area contributed by atoms with Crippen molar-refractivity contribution in [2.75, 3.05) is 32.6 Å². The summed E-state index contributed by atoms with van der Waals surface area (Å²) < 4.78 is 31.8. The highest BCUT2D eigenvalue weighted by Gasteiger charge is 2.29. The average Bonchev–Trinajstić information content (AvgIpc) is 2.68. The first kappa shape index (κ1) is 21.8. The van der Waals surface area contributed by atoms with Crippen molar-refractivity contribution in [2.24, 2.45) is 0 Å².